The number of methoxy groups -OCH3 is 1. The highest BCUT2D eigenvalue weighted by molar-refractivity contribution is 6.04. The molecule has 0 fully saturated rings. The Morgan fingerprint density at radius 3 is 2.62 bits per heavy atom. The van der Waals surface area contributed by atoms with Crippen LogP contribution < -0.4 is 16.2 Å². The summed E-state index contributed by atoms with van der Waals surface area (Å²) in [5.74, 6) is -0.494. The zero-order chi connectivity index (χ0) is 18.7. The maximum absolute atomic E-state index is 14.0. The fourth-order valence-electron chi connectivity index (χ4n) is 2.92. The number of nitrogens with zero attached hydrogens (tertiary/aromatic N) is 2. The maximum atomic E-state index is 14.0. The molecule has 0 saturated carbocycles. The smallest absolute Gasteiger partial charge is 0.271 e. The van der Waals surface area contributed by atoms with Crippen molar-refractivity contribution in [2.24, 2.45) is 5.73 Å². The van der Waals surface area contributed by atoms with Crippen molar-refractivity contribution in [3.63, 3.8) is 0 Å². The molecule has 0 unspecified atom stereocenters. The zero-order valence-electron chi connectivity index (χ0n) is 14.3. The fraction of sp³-hybridized carbons (Fsp3) is 0.211. The van der Waals surface area contributed by atoms with Gasteiger partial charge in [0.2, 0.25) is 0 Å². The normalized spacial score (nSPS) is 10.8. The van der Waals surface area contributed by atoms with Gasteiger partial charge in [-0.1, -0.05) is 24.3 Å². The second kappa shape index (κ2) is 7.35. The molecule has 0 aliphatic rings. The molecule has 0 spiro atoms. The number of aromatic nitrogens is 2. The monoisotopic (exact) mass is 354 g/mol. The third kappa shape index (κ3) is 3.42. The molecule has 0 atom stereocenters. The Bertz CT molecular complexity index is 975. The molecule has 0 aliphatic heterocycles. The van der Waals surface area contributed by atoms with Gasteiger partial charge in [0.1, 0.15) is 11.6 Å². The average molecular weight is 354 g/mol. The van der Waals surface area contributed by atoms with Crippen LogP contribution in [-0.2, 0) is 12.8 Å². The Morgan fingerprint density at radius 1 is 1.15 bits per heavy atom. The Labute approximate surface area is 150 Å². The Hall–Kier alpha value is -3.22. The highest BCUT2D eigenvalue weighted by atomic mass is 19.1. The highest BCUT2D eigenvalue weighted by Crippen LogP contribution is 2.25. The fourth-order valence-corrected chi connectivity index (χ4v) is 2.92. The first-order valence-electron chi connectivity index (χ1n) is 8.17. The van der Waals surface area contributed by atoms with E-state index in [4.69, 9.17) is 16.2 Å². The number of rotatable bonds is 6. The first-order valence-corrected chi connectivity index (χ1v) is 8.17. The van der Waals surface area contributed by atoms with Gasteiger partial charge in [0.25, 0.3) is 5.91 Å². The van der Waals surface area contributed by atoms with Crippen molar-refractivity contribution < 1.29 is 13.9 Å². The molecule has 26 heavy (non-hydrogen) atoms. The van der Waals surface area contributed by atoms with Crippen LogP contribution in [0, 0.1) is 5.82 Å². The largest absolute Gasteiger partial charge is 0.497 e. The third-order valence-corrected chi connectivity index (χ3v) is 4.30. The lowest BCUT2D eigenvalue weighted by Gasteiger charge is -2.09. The SMILES string of the molecule is COc1ccc(CCCc2cccc3c(N)c(C(N)=O)nnc23)c(F)c1. The number of aryl methyl sites for hydroxylation is 2. The van der Waals surface area contributed by atoms with E-state index in [1.165, 1.54) is 13.2 Å². The standard InChI is InChI=1S/C19H19FN4O2/c1-26-13-9-8-11(15(20)10-13)4-2-5-12-6-3-7-14-16(21)18(19(22)25)24-23-17(12)14/h3,6-10H,2,4-5H2,1H3,(H2,21,23)(H2,22,25). The predicted molar refractivity (Wildman–Crippen MR) is 97.4 cm³/mol. The van der Waals surface area contributed by atoms with Crippen LogP contribution in [0.15, 0.2) is 36.4 Å². The molecule has 7 heteroatoms. The van der Waals surface area contributed by atoms with E-state index in [1.807, 2.05) is 12.1 Å². The number of nitrogens with two attached hydrogens (primary N) is 2. The number of primary amides is 1. The van der Waals surface area contributed by atoms with Gasteiger partial charge in [-0.2, -0.15) is 0 Å². The van der Waals surface area contributed by atoms with Gasteiger partial charge in [-0.3, -0.25) is 4.79 Å². The summed E-state index contributed by atoms with van der Waals surface area (Å²) in [5.41, 5.74) is 13.6. The minimum absolute atomic E-state index is 0.0325. The van der Waals surface area contributed by atoms with Crippen LogP contribution in [0.3, 0.4) is 0 Å². The van der Waals surface area contributed by atoms with E-state index in [1.54, 1.807) is 18.2 Å². The molecular weight excluding hydrogens is 335 g/mol. The van der Waals surface area contributed by atoms with Crippen LogP contribution >= 0.6 is 0 Å². The van der Waals surface area contributed by atoms with E-state index in [0.29, 0.717) is 35.1 Å². The minimum atomic E-state index is -0.711. The van der Waals surface area contributed by atoms with Crippen molar-refractivity contribution in [3.05, 3.63) is 59.0 Å². The van der Waals surface area contributed by atoms with Crippen LogP contribution in [0.4, 0.5) is 10.1 Å². The van der Waals surface area contributed by atoms with Gasteiger partial charge >= 0.3 is 0 Å². The number of hydrogen-bond acceptors (Lipinski definition) is 5. The third-order valence-electron chi connectivity index (χ3n) is 4.30. The Balaban J connectivity index is 1.79. The van der Waals surface area contributed by atoms with Crippen molar-refractivity contribution in [2.75, 3.05) is 12.8 Å². The average Bonchev–Trinajstić information content (AvgIpc) is 2.63. The van der Waals surface area contributed by atoms with Crippen molar-refractivity contribution in [1.82, 2.24) is 10.2 Å². The Kier molecular flexibility index (Phi) is 4.97. The number of nitrogen functional groups attached to an aromatic ring is 1. The molecule has 3 rings (SSSR count). The molecule has 2 aromatic carbocycles. The number of hydrogen-bond donors (Lipinski definition) is 2. The number of carbonyl (C=O) groups excluding carboxylic acids is 1. The summed E-state index contributed by atoms with van der Waals surface area (Å²) < 4.78 is 19.0. The van der Waals surface area contributed by atoms with Crippen LogP contribution in [0.1, 0.15) is 28.0 Å². The van der Waals surface area contributed by atoms with Gasteiger partial charge in [0, 0.05) is 11.5 Å². The van der Waals surface area contributed by atoms with Crippen LogP contribution in [0.5, 0.6) is 5.75 Å². The summed E-state index contributed by atoms with van der Waals surface area (Å²) in [6, 6.07) is 10.4. The molecule has 1 amide bonds. The van der Waals surface area contributed by atoms with Crippen molar-refractivity contribution >= 4 is 22.5 Å². The first kappa shape index (κ1) is 17.6. The number of amides is 1. The number of halogens is 1. The topological polar surface area (TPSA) is 104 Å². The molecule has 3 aromatic rings. The van der Waals surface area contributed by atoms with Crippen LogP contribution in [0.2, 0.25) is 0 Å². The quantitative estimate of drug-likeness (QED) is 0.708. The van der Waals surface area contributed by atoms with Gasteiger partial charge < -0.3 is 16.2 Å². The highest BCUT2D eigenvalue weighted by Gasteiger charge is 2.14. The summed E-state index contributed by atoms with van der Waals surface area (Å²) in [7, 11) is 1.51. The van der Waals surface area contributed by atoms with E-state index in [2.05, 4.69) is 10.2 Å². The van der Waals surface area contributed by atoms with Gasteiger partial charge in [-0.05, 0) is 36.5 Å². The molecule has 4 N–H and O–H groups in total. The molecule has 0 bridgehead atoms. The van der Waals surface area contributed by atoms with Gasteiger partial charge in [-0.25, -0.2) is 4.39 Å². The van der Waals surface area contributed by atoms with Gasteiger partial charge in [0.15, 0.2) is 5.69 Å². The van der Waals surface area contributed by atoms with Crippen molar-refractivity contribution in [2.45, 2.75) is 19.3 Å². The zero-order valence-corrected chi connectivity index (χ0v) is 14.3. The molecule has 6 nitrogen and oxygen atoms in total. The first-order chi connectivity index (χ1) is 12.5. The second-order valence-electron chi connectivity index (χ2n) is 5.95. The summed E-state index contributed by atoms with van der Waals surface area (Å²) in [5, 5.41) is 8.59. The van der Waals surface area contributed by atoms with Crippen LogP contribution in [0.25, 0.3) is 10.9 Å². The van der Waals surface area contributed by atoms with E-state index in [-0.39, 0.29) is 17.2 Å². The van der Waals surface area contributed by atoms with Crippen molar-refractivity contribution in [3.8, 4) is 5.75 Å². The molecule has 1 aromatic heterocycles. The lowest BCUT2D eigenvalue weighted by molar-refractivity contribution is 0.0995. The lowest BCUT2D eigenvalue weighted by Crippen LogP contribution is -2.17. The number of carbonyl (C=O) groups is 1. The van der Waals surface area contributed by atoms with E-state index >= 15 is 0 Å². The molecule has 1 heterocycles. The maximum Gasteiger partial charge on any atom is 0.271 e. The molecular formula is C19H19FN4O2. The molecule has 0 saturated heterocycles. The van der Waals surface area contributed by atoms with Crippen molar-refractivity contribution in [1.29, 1.82) is 0 Å². The lowest BCUT2D eigenvalue weighted by atomic mass is 10.0. The second-order valence-corrected chi connectivity index (χ2v) is 5.95. The molecule has 0 aliphatic carbocycles. The van der Waals surface area contributed by atoms with Crippen LogP contribution in [-0.4, -0.2) is 23.2 Å². The number of benzene rings is 2. The molecule has 0 radical (unpaired) electrons. The van der Waals surface area contributed by atoms with Gasteiger partial charge in [0.05, 0.1) is 18.3 Å². The minimum Gasteiger partial charge on any atom is -0.497 e. The number of fused-ring (bicyclic) bond motifs is 1. The van der Waals surface area contributed by atoms with E-state index < -0.39 is 5.91 Å². The predicted octanol–water partition coefficient (Wildman–Crippen LogP) is 2.63. The summed E-state index contributed by atoms with van der Waals surface area (Å²) in [6.45, 7) is 0. The Morgan fingerprint density at radius 2 is 1.92 bits per heavy atom. The van der Waals surface area contributed by atoms with E-state index in [0.717, 1.165) is 12.0 Å². The summed E-state index contributed by atoms with van der Waals surface area (Å²) in [6.07, 6.45) is 1.98. The summed E-state index contributed by atoms with van der Waals surface area (Å²) >= 11 is 0. The molecule has 134 valence electrons. The van der Waals surface area contributed by atoms with E-state index in [9.17, 15) is 9.18 Å². The van der Waals surface area contributed by atoms with Gasteiger partial charge in [-0.15, -0.1) is 10.2 Å². The number of anilines is 1. The summed E-state index contributed by atoms with van der Waals surface area (Å²) in [4.78, 5) is 11.4. The number of ether oxygens (including phenoxy) is 1.